The van der Waals surface area contributed by atoms with Gasteiger partial charge in [0.05, 0.1) is 5.41 Å². The molecule has 0 bridgehead atoms. The first kappa shape index (κ1) is 21.5. The number of carbonyl (C=O) groups is 3. The van der Waals surface area contributed by atoms with Gasteiger partial charge >= 0.3 is 12.1 Å². The summed E-state index contributed by atoms with van der Waals surface area (Å²) in [6.45, 7) is 0.366. The number of nitrogens with one attached hydrogen (secondary N) is 1. The SMILES string of the molecule is CN(C(=O)C1(CNC(=O)OCC2c3ccccc3-c3ccccc32)CC1)C1(C(=O)O)CCC1. The number of carboxylic acids is 1. The predicted molar refractivity (Wildman–Crippen MR) is 122 cm³/mol. The Bertz CT molecular complexity index is 1070. The molecule has 2 amide bonds. The Morgan fingerprint density at radius 2 is 1.58 bits per heavy atom. The molecule has 0 spiro atoms. The Balaban J connectivity index is 1.20. The summed E-state index contributed by atoms with van der Waals surface area (Å²) in [6, 6.07) is 16.3. The highest BCUT2D eigenvalue weighted by Gasteiger charge is 2.58. The van der Waals surface area contributed by atoms with Crippen molar-refractivity contribution in [2.24, 2.45) is 5.41 Å². The molecule has 0 aliphatic heterocycles. The molecule has 0 heterocycles. The number of alkyl carbamates (subject to hydrolysis) is 1. The molecule has 0 saturated heterocycles. The van der Waals surface area contributed by atoms with Crippen LogP contribution in [-0.4, -0.2) is 53.7 Å². The van der Waals surface area contributed by atoms with Crippen molar-refractivity contribution in [2.45, 2.75) is 43.6 Å². The maximum atomic E-state index is 13.1. The number of hydrogen-bond donors (Lipinski definition) is 2. The second kappa shape index (κ2) is 7.90. The van der Waals surface area contributed by atoms with Crippen LogP contribution in [0.15, 0.2) is 48.5 Å². The number of nitrogens with zero attached hydrogens (tertiary/aromatic N) is 1. The van der Waals surface area contributed by atoms with Crippen molar-refractivity contribution in [3.8, 4) is 11.1 Å². The van der Waals surface area contributed by atoms with Gasteiger partial charge in [0.1, 0.15) is 12.1 Å². The van der Waals surface area contributed by atoms with Crippen LogP contribution in [0.25, 0.3) is 11.1 Å². The van der Waals surface area contributed by atoms with E-state index in [4.69, 9.17) is 4.74 Å². The Morgan fingerprint density at radius 3 is 2.06 bits per heavy atom. The molecule has 0 unspecified atom stereocenters. The van der Waals surface area contributed by atoms with E-state index in [-0.39, 0.29) is 25.0 Å². The Morgan fingerprint density at radius 1 is 1.00 bits per heavy atom. The summed E-state index contributed by atoms with van der Waals surface area (Å²) in [5.41, 5.74) is 2.78. The van der Waals surface area contributed by atoms with Crippen LogP contribution >= 0.6 is 0 Å². The fourth-order valence-corrected chi connectivity index (χ4v) is 5.26. The lowest BCUT2D eigenvalue weighted by Gasteiger charge is -2.46. The van der Waals surface area contributed by atoms with Crippen LogP contribution in [0.3, 0.4) is 0 Å². The summed E-state index contributed by atoms with van der Waals surface area (Å²) in [4.78, 5) is 38.8. The zero-order valence-electron chi connectivity index (χ0n) is 18.7. The van der Waals surface area contributed by atoms with E-state index in [2.05, 4.69) is 29.6 Å². The van der Waals surface area contributed by atoms with Gasteiger partial charge in [-0.25, -0.2) is 9.59 Å². The first-order valence-electron chi connectivity index (χ1n) is 11.5. The normalized spacial score (nSPS) is 18.9. The number of rotatable bonds is 7. The van der Waals surface area contributed by atoms with Crippen molar-refractivity contribution >= 4 is 18.0 Å². The van der Waals surface area contributed by atoms with Crippen LogP contribution in [0.2, 0.25) is 0 Å². The summed E-state index contributed by atoms with van der Waals surface area (Å²) in [7, 11) is 1.57. The molecular formula is C26H28N2O5. The molecule has 0 atom stereocenters. The second-order valence-corrected chi connectivity index (χ2v) is 9.51. The number of benzene rings is 2. The molecular weight excluding hydrogens is 420 g/mol. The van der Waals surface area contributed by atoms with Gasteiger partial charge in [0, 0.05) is 19.5 Å². The van der Waals surface area contributed by atoms with Gasteiger partial charge < -0.3 is 20.1 Å². The Kier molecular flexibility index (Phi) is 5.15. The van der Waals surface area contributed by atoms with Crippen molar-refractivity contribution in [1.82, 2.24) is 10.2 Å². The Hall–Kier alpha value is -3.35. The summed E-state index contributed by atoms with van der Waals surface area (Å²) >= 11 is 0. The molecule has 2 N–H and O–H groups in total. The summed E-state index contributed by atoms with van der Waals surface area (Å²) in [5.74, 6) is -1.19. The lowest BCUT2D eigenvalue weighted by atomic mass is 9.75. The molecule has 0 aromatic heterocycles. The number of carboxylic acid groups (broad SMARTS) is 1. The molecule has 7 heteroatoms. The number of likely N-dealkylation sites (N-methyl/N-ethyl adjacent to an activating group) is 1. The first-order chi connectivity index (χ1) is 15.9. The number of amides is 2. The highest BCUT2D eigenvalue weighted by atomic mass is 16.5. The van der Waals surface area contributed by atoms with E-state index in [0.717, 1.165) is 28.7 Å². The van der Waals surface area contributed by atoms with Crippen LogP contribution < -0.4 is 5.32 Å². The average molecular weight is 449 g/mol. The number of ether oxygens (including phenoxy) is 1. The third-order valence-electron chi connectivity index (χ3n) is 7.75. The van der Waals surface area contributed by atoms with Crippen molar-refractivity contribution in [3.63, 3.8) is 0 Å². The monoisotopic (exact) mass is 448 g/mol. The minimum Gasteiger partial charge on any atom is -0.479 e. The quantitative estimate of drug-likeness (QED) is 0.672. The fourth-order valence-electron chi connectivity index (χ4n) is 5.26. The molecule has 2 aromatic carbocycles. The maximum absolute atomic E-state index is 13.1. The number of aliphatic carboxylic acids is 1. The molecule has 3 aliphatic rings. The fraction of sp³-hybridized carbons (Fsp3) is 0.423. The van der Waals surface area contributed by atoms with E-state index in [1.807, 2.05) is 24.3 Å². The van der Waals surface area contributed by atoms with E-state index >= 15 is 0 Å². The minimum absolute atomic E-state index is 0.0279. The van der Waals surface area contributed by atoms with E-state index < -0.39 is 23.0 Å². The smallest absolute Gasteiger partial charge is 0.407 e. The van der Waals surface area contributed by atoms with E-state index in [1.165, 1.54) is 4.90 Å². The molecule has 2 fully saturated rings. The zero-order chi connectivity index (χ0) is 23.2. The summed E-state index contributed by atoms with van der Waals surface area (Å²) in [6.07, 6.45) is 2.45. The van der Waals surface area contributed by atoms with Crippen molar-refractivity contribution < 1.29 is 24.2 Å². The first-order valence-corrected chi connectivity index (χ1v) is 11.5. The van der Waals surface area contributed by atoms with Crippen molar-refractivity contribution in [2.75, 3.05) is 20.2 Å². The van der Waals surface area contributed by atoms with E-state index in [1.54, 1.807) is 7.05 Å². The third kappa shape index (κ3) is 3.46. The minimum atomic E-state index is -1.10. The van der Waals surface area contributed by atoms with Gasteiger partial charge in [0.25, 0.3) is 0 Å². The molecule has 2 saturated carbocycles. The van der Waals surface area contributed by atoms with Crippen LogP contribution in [0, 0.1) is 5.41 Å². The predicted octanol–water partition coefficient (Wildman–Crippen LogP) is 3.77. The van der Waals surface area contributed by atoms with Gasteiger partial charge in [-0.15, -0.1) is 0 Å². The van der Waals surface area contributed by atoms with Crippen LogP contribution in [0.4, 0.5) is 4.79 Å². The van der Waals surface area contributed by atoms with Gasteiger partial charge in [-0.05, 0) is 54.4 Å². The highest BCUT2D eigenvalue weighted by molar-refractivity contribution is 5.92. The van der Waals surface area contributed by atoms with Crippen LogP contribution in [0.1, 0.15) is 49.1 Å². The van der Waals surface area contributed by atoms with Gasteiger partial charge in [-0.2, -0.15) is 0 Å². The zero-order valence-corrected chi connectivity index (χ0v) is 18.7. The third-order valence-corrected chi connectivity index (χ3v) is 7.75. The molecule has 2 aromatic rings. The lowest BCUT2D eigenvalue weighted by Crippen LogP contribution is -2.61. The molecule has 7 nitrogen and oxygen atoms in total. The standard InChI is InChI=1S/C26H28N2O5/c1-28(26(23(30)31)11-6-12-26)22(29)25(13-14-25)16-27-24(32)33-15-21-19-9-4-2-7-17(19)18-8-3-5-10-20(18)21/h2-5,7-10,21H,6,11-16H2,1H3,(H,27,32)(H,30,31). The topological polar surface area (TPSA) is 95.9 Å². The Labute approximate surface area is 192 Å². The van der Waals surface area contributed by atoms with E-state index in [9.17, 15) is 19.5 Å². The number of fused-ring (bicyclic) bond motifs is 3. The van der Waals surface area contributed by atoms with Crippen LogP contribution in [0.5, 0.6) is 0 Å². The van der Waals surface area contributed by atoms with Gasteiger partial charge in [0.2, 0.25) is 5.91 Å². The lowest BCUT2D eigenvalue weighted by molar-refractivity contribution is -0.166. The molecule has 3 aliphatic carbocycles. The highest BCUT2D eigenvalue weighted by Crippen LogP contribution is 2.49. The van der Waals surface area contributed by atoms with Crippen LogP contribution in [-0.2, 0) is 14.3 Å². The molecule has 5 rings (SSSR count). The number of hydrogen-bond acceptors (Lipinski definition) is 4. The number of carbonyl (C=O) groups excluding carboxylic acids is 2. The van der Waals surface area contributed by atoms with Gasteiger partial charge in [-0.1, -0.05) is 48.5 Å². The molecule has 0 radical (unpaired) electrons. The average Bonchev–Trinajstić information content (AvgIpc) is 3.51. The van der Waals surface area contributed by atoms with Crippen molar-refractivity contribution in [1.29, 1.82) is 0 Å². The largest absolute Gasteiger partial charge is 0.479 e. The van der Waals surface area contributed by atoms with E-state index in [0.29, 0.717) is 25.7 Å². The molecule has 172 valence electrons. The maximum Gasteiger partial charge on any atom is 0.407 e. The summed E-state index contributed by atoms with van der Waals surface area (Å²) < 4.78 is 5.57. The second-order valence-electron chi connectivity index (χ2n) is 9.51. The summed E-state index contributed by atoms with van der Waals surface area (Å²) in [5, 5.41) is 12.4. The van der Waals surface area contributed by atoms with Gasteiger partial charge in [0.15, 0.2) is 0 Å². The van der Waals surface area contributed by atoms with Crippen molar-refractivity contribution in [3.05, 3.63) is 59.7 Å². The molecule has 33 heavy (non-hydrogen) atoms. The van der Waals surface area contributed by atoms with Gasteiger partial charge in [-0.3, -0.25) is 4.79 Å².